The summed E-state index contributed by atoms with van der Waals surface area (Å²) in [6.45, 7) is 2.92. The number of hydrogen-bond acceptors (Lipinski definition) is 4. The van der Waals surface area contributed by atoms with Gasteiger partial charge < -0.3 is 5.32 Å². The number of rotatable bonds is 4. The van der Waals surface area contributed by atoms with Crippen LogP contribution >= 0.6 is 0 Å². The zero-order valence-corrected chi connectivity index (χ0v) is 9.96. The van der Waals surface area contributed by atoms with Gasteiger partial charge in [-0.25, -0.2) is 0 Å². The van der Waals surface area contributed by atoms with Crippen LogP contribution in [0.3, 0.4) is 0 Å². The van der Waals surface area contributed by atoms with Crippen molar-refractivity contribution in [2.45, 2.75) is 24.3 Å². The molecule has 0 aliphatic carbocycles. The van der Waals surface area contributed by atoms with Crippen LogP contribution in [0, 0.1) is 6.92 Å². The summed E-state index contributed by atoms with van der Waals surface area (Å²) in [6.07, 6.45) is 0.975. The Hall–Kier alpha value is -0.910. The first-order chi connectivity index (χ1) is 7.59. The smallest absolute Gasteiger partial charge is 0.297 e. The van der Waals surface area contributed by atoms with E-state index in [-0.39, 0.29) is 17.5 Å². The molecule has 1 fully saturated rings. The van der Waals surface area contributed by atoms with Gasteiger partial charge in [-0.1, -0.05) is 18.2 Å². The Kier molecular flexibility index (Phi) is 3.28. The minimum absolute atomic E-state index is 0.179. The summed E-state index contributed by atoms with van der Waals surface area (Å²) in [6, 6.07) is 7.02. The first-order valence-electron chi connectivity index (χ1n) is 5.28. The zero-order valence-electron chi connectivity index (χ0n) is 9.14. The average Bonchev–Trinajstić information content (AvgIpc) is 2.15. The van der Waals surface area contributed by atoms with Gasteiger partial charge in [0.25, 0.3) is 10.1 Å². The molecule has 0 saturated carbocycles. The van der Waals surface area contributed by atoms with Gasteiger partial charge in [-0.3, -0.25) is 4.18 Å². The largest absolute Gasteiger partial charge is 0.312 e. The predicted octanol–water partition coefficient (Wildman–Crippen LogP) is 1.06. The molecule has 4 nitrogen and oxygen atoms in total. The van der Waals surface area contributed by atoms with Crippen LogP contribution < -0.4 is 5.32 Å². The monoisotopic (exact) mass is 241 g/mol. The summed E-state index contributed by atoms with van der Waals surface area (Å²) in [5, 5.41) is 3.09. The van der Waals surface area contributed by atoms with Crippen LogP contribution in [-0.4, -0.2) is 27.6 Å². The van der Waals surface area contributed by atoms with Crippen molar-refractivity contribution < 1.29 is 12.6 Å². The van der Waals surface area contributed by atoms with Crippen LogP contribution in [0.25, 0.3) is 0 Å². The van der Waals surface area contributed by atoms with Crippen LogP contribution in [-0.2, 0) is 14.3 Å². The fourth-order valence-electron chi connectivity index (χ4n) is 1.56. The molecule has 1 aromatic carbocycles. The third kappa shape index (κ3) is 2.42. The molecule has 2 rings (SSSR count). The first kappa shape index (κ1) is 11.6. The third-order valence-electron chi connectivity index (χ3n) is 2.71. The predicted molar refractivity (Wildman–Crippen MR) is 60.7 cm³/mol. The second-order valence-electron chi connectivity index (χ2n) is 3.94. The highest BCUT2D eigenvalue weighted by atomic mass is 32.2. The van der Waals surface area contributed by atoms with Crippen LogP contribution in [0.2, 0.25) is 0 Å². The quantitative estimate of drug-likeness (QED) is 0.801. The van der Waals surface area contributed by atoms with E-state index < -0.39 is 10.1 Å². The molecule has 0 bridgehead atoms. The van der Waals surface area contributed by atoms with Gasteiger partial charge in [0.05, 0.1) is 11.5 Å². The third-order valence-corrected chi connectivity index (χ3v) is 4.16. The lowest BCUT2D eigenvalue weighted by atomic mass is 10.1. The summed E-state index contributed by atoms with van der Waals surface area (Å²) in [5.41, 5.74) is 0.712. The van der Waals surface area contributed by atoms with Crippen molar-refractivity contribution >= 4 is 10.1 Å². The molecule has 1 aliphatic heterocycles. The van der Waals surface area contributed by atoms with Crippen molar-refractivity contribution in [2.75, 3.05) is 13.2 Å². The van der Waals surface area contributed by atoms with Crippen LogP contribution in [0.15, 0.2) is 29.2 Å². The van der Waals surface area contributed by atoms with E-state index in [1.54, 1.807) is 25.1 Å². The molecule has 1 atom stereocenters. The molecule has 1 unspecified atom stereocenters. The first-order valence-corrected chi connectivity index (χ1v) is 6.69. The van der Waals surface area contributed by atoms with Gasteiger partial charge in [-0.05, 0) is 31.5 Å². The Morgan fingerprint density at radius 2 is 2.12 bits per heavy atom. The second kappa shape index (κ2) is 4.53. The highest BCUT2D eigenvalue weighted by Gasteiger charge is 2.22. The minimum atomic E-state index is -3.60. The van der Waals surface area contributed by atoms with E-state index in [2.05, 4.69) is 5.32 Å². The van der Waals surface area contributed by atoms with Gasteiger partial charge in [0.2, 0.25) is 0 Å². The van der Waals surface area contributed by atoms with E-state index in [0.29, 0.717) is 5.56 Å². The second-order valence-corrected chi connectivity index (χ2v) is 5.53. The van der Waals surface area contributed by atoms with Crippen molar-refractivity contribution in [1.29, 1.82) is 0 Å². The Labute approximate surface area is 95.7 Å². The number of nitrogens with one attached hydrogen (secondary N) is 1. The topological polar surface area (TPSA) is 55.4 Å². The Morgan fingerprint density at radius 3 is 2.69 bits per heavy atom. The molecule has 16 heavy (non-hydrogen) atoms. The van der Waals surface area contributed by atoms with E-state index >= 15 is 0 Å². The van der Waals surface area contributed by atoms with Crippen molar-refractivity contribution in [2.24, 2.45) is 0 Å². The van der Waals surface area contributed by atoms with Gasteiger partial charge in [0.1, 0.15) is 0 Å². The standard InChI is InChI=1S/C11H15NO3S/c1-9-4-2-3-5-11(9)16(13,14)15-8-10-6-7-12-10/h2-5,10,12H,6-8H2,1H3. The molecule has 1 N–H and O–H groups in total. The van der Waals surface area contributed by atoms with Gasteiger partial charge in [0, 0.05) is 6.04 Å². The lowest BCUT2D eigenvalue weighted by Gasteiger charge is -2.26. The lowest BCUT2D eigenvalue weighted by Crippen LogP contribution is -2.46. The molecule has 0 spiro atoms. The summed E-state index contributed by atoms with van der Waals surface area (Å²) < 4.78 is 28.7. The molecular weight excluding hydrogens is 226 g/mol. The Bertz CT molecular complexity index is 466. The van der Waals surface area contributed by atoms with Gasteiger partial charge in [-0.15, -0.1) is 0 Å². The molecule has 1 aromatic rings. The molecular formula is C11H15NO3S. The maximum Gasteiger partial charge on any atom is 0.297 e. The van der Waals surface area contributed by atoms with E-state index in [1.807, 2.05) is 6.07 Å². The van der Waals surface area contributed by atoms with Crippen molar-refractivity contribution in [3.63, 3.8) is 0 Å². The average molecular weight is 241 g/mol. The van der Waals surface area contributed by atoms with E-state index in [9.17, 15) is 8.42 Å². The summed E-state index contributed by atoms with van der Waals surface area (Å²) in [7, 11) is -3.60. The number of aryl methyl sites for hydroxylation is 1. The van der Waals surface area contributed by atoms with Crippen molar-refractivity contribution in [3.05, 3.63) is 29.8 Å². The lowest BCUT2D eigenvalue weighted by molar-refractivity contribution is 0.222. The van der Waals surface area contributed by atoms with Crippen molar-refractivity contribution in [1.82, 2.24) is 5.32 Å². The van der Waals surface area contributed by atoms with E-state index in [1.165, 1.54) is 0 Å². The maximum atomic E-state index is 11.8. The fourth-order valence-corrected chi connectivity index (χ4v) is 2.74. The minimum Gasteiger partial charge on any atom is -0.312 e. The molecule has 0 aromatic heterocycles. The van der Waals surface area contributed by atoms with Crippen LogP contribution in [0.1, 0.15) is 12.0 Å². The molecule has 88 valence electrons. The number of hydrogen-bond donors (Lipinski definition) is 1. The Morgan fingerprint density at radius 1 is 1.44 bits per heavy atom. The van der Waals surface area contributed by atoms with Crippen LogP contribution in [0.4, 0.5) is 0 Å². The molecule has 1 saturated heterocycles. The van der Waals surface area contributed by atoms with E-state index in [0.717, 1.165) is 13.0 Å². The highest BCUT2D eigenvalue weighted by Crippen LogP contribution is 2.17. The molecule has 0 amide bonds. The van der Waals surface area contributed by atoms with Gasteiger partial charge in [0.15, 0.2) is 0 Å². The summed E-state index contributed by atoms with van der Waals surface area (Å²) >= 11 is 0. The van der Waals surface area contributed by atoms with Crippen molar-refractivity contribution in [3.8, 4) is 0 Å². The highest BCUT2D eigenvalue weighted by molar-refractivity contribution is 7.86. The Balaban J connectivity index is 2.09. The maximum absolute atomic E-state index is 11.8. The molecule has 1 heterocycles. The van der Waals surface area contributed by atoms with E-state index in [4.69, 9.17) is 4.18 Å². The molecule has 0 radical (unpaired) electrons. The fraction of sp³-hybridized carbons (Fsp3) is 0.455. The van der Waals surface area contributed by atoms with Gasteiger partial charge in [-0.2, -0.15) is 8.42 Å². The van der Waals surface area contributed by atoms with Gasteiger partial charge >= 0.3 is 0 Å². The van der Waals surface area contributed by atoms with Crippen LogP contribution in [0.5, 0.6) is 0 Å². The molecule has 5 heteroatoms. The number of benzene rings is 1. The molecule has 1 aliphatic rings. The normalized spacial score (nSPS) is 20.4. The SMILES string of the molecule is Cc1ccccc1S(=O)(=O)OCC1CCN1. The zero-order chi connectivity index (χ0) is 11.6. The summed E-state index contributed by atoms with van der Waals surface area (Å²) in [5.74, 6) is 0. The summed E-state index contributed by atoms with van der Waals surface area (Å²) in [4.78, 5) is 0.259.